The van der Waals surface area contributed by atoms with Crippen molar-refractivity contribution in [2.45, 2.75) is 51.0 Å². The number of nitrogens with zero attached hydrogens (tertiary/aromatic N) is 2. The smallest absolute Gasteiger partial charge is 0.255 e. The molecule has 9 heteroatoms. The highest BCUT2D eigenvalue weighted by atomic mass is 16.5. The number of rotatable bonds is 16. The second-order valence-corrected chi connectivity index (χ2v) is 8.38. The number of hydrogen-bond donors (Lipinski definition) is 1. The number of aryl methyl sites for hydroxylation is 1. The van der Waals surface area contributed by atoms with E-state index in [0.717, 1.165) is 32.1 Å². The number of carbonyl (C=O) groups excluding carboxylic acids is 4. The van der Waals surface area contributed by atoms with Crippen LogP contribution in [0, 0.1) is 0 Å². The summed E-state index contributed by atoms with van der Waals surface area (Å²) in [6.45, 7) is 0.480. The molecule has 2 amide bonds. The molecule has 0 saturated heterocycles. The summed E-state index contributed by atoms with van der Waals surface area (Å²) in [5.41, 5.74) is 1.53. The minimum Gasteiger partial charge on any atom is -0.494 e. The van der Waals surface area contributed by atoms with E-state index in [-0.39, 0.29) is 29.9 Å². The van der Waals surface area contributed by atoms with Crippen molar-refractivity contribution in [3.63, 3.8) is 0 Å². The van der Waals surface area contributed by atoms with Crippen LogP contribution < -0.4 is 14.8 Å². The molecule has 0 aliphatic heterocycles. The maximum Gasteiger partial charge on any atom is 0.255 e. The van der Waals surface area contributed by atoms with Crippen molar-refractivity contribution in [3.05, 3.63) is 53.2 Å². The largest absolute Gasteiger partial charge is 0.494 e. The Balaban J connectivity index is 1.88. The van der Waals surface area contributed by atoms with Crippen molar-refractivity contribution < 1.29 is 28.7 Å². The number of pyridine rings is 1. The van der Waals surface area contributed by atoms with E-state index in [9.17, 15) is 19.2 Å². The third-order valence-electron chi connectivity index (χ3n) is 5.91. The predicted molar refractivity (Wildman–Crippen MR) is 136 cm³/mol. The number of ether oxygens (including phenoxy) is 2. The topological polar surface area (TPSA) is 115 Å². The quantitative estimate of drug-likeness (QED) is 0.280. The number of benzene rings is 1. The van der Waals surface area contributed by atoms with Crippen LogP contribution in [0.4, 0.5) is 0 Å². The lowest BCUT2D eigenvalue weighted by atomic mass is 10.0. The van der Waals surface area contributed by atoms with Gasteiger partial charge >= 0.3 is 0 Å². The Labute approximate surface area is 212 Å². The van der Waals surface area contributed by atoms with Gasteiger partial charge in [0.25, 0.3) is 5.91 Å². The molecule has 1 unspecified atom stereocenters. The Kier molecular flexibility index (Phi) is 12.1. The van der Waals surface area contributed by atoms with Gasteiger partial charge in [-0.3, -0.25) is 14.4 Å². The molecule has 0 saturated carbocycles. The van der Waals surface area contributed by atoms with E-state index < -0.39 is 11.9 Å². The predicted octanol–water partition coefficient (Wildman–Crippen LogP) is 3.25. The molecule has 9 nitrogen and oxygen atoms in total. The molecule has 0 fully saturated rings. The molecular weight excluding hydrogens is 462 g/mol. The maximum absolute atomic E-state index is 13.1. The van der Waals surface area contributed by atoms with E-state index in [1.165, 1.54) is 36.7 Å². The third-order valence-corrected chi connectivity index (χ3v) is 5.91. The Bertz CT molecular complexity index is 1010. The molecule has 1 heterocycles. The van der Waals surface area contributed by atoms with Crippen molar-refractivity contribution >= 4 is 24.4 Å². The summed E-state index contributed by atoms with van der Waals surface area (Å²) in [5, 5.41) is 2.51. The van der Waals surface area contributed by atoms with Crippen LogP contribution in [0.5, 0.6) is 11.6 Å². The standard InChI is InChI=1S/C27H35N3O6/c1-28-26(33)24(10-8-15-31)30(2)27(34)23-17-22(13-12-21(23)19-32)36-16-7-5-4-6-9-20-11-14-25(35-3)29-18-20/h11-15,17-19,24H,4-10,16H2,1-3H3,(H,28,33). The average molecular weight is 498 g/mol. The molecule has 0 radical (unpaired) electrons. The number of unbranched alkanes of at least 4 members (excludes halogenated alkanes) is 3. The minimum atomic E-state index is -0.828. The highest BCUT2D eigenvalue weighted by Gasteiger charge is 2.28. The Hall–Kier alpha value is -3.75. The molecule has 1 aromatic heterocycles. The summed E-state index contributed by atoms with van der Waals surface area (Å²) in [6.07, 6.45) is 8.36. The van der Waals surface area contributed by atoms with E-state index in [4.69, 9.17) is 9.47 Å². The fraction of sp³-hybridized carbons (Fsp3) is 0.444. The normalized spacial score (nSPS) is 11.3. The van der Waals surface area contributed by atoms with Crippen LogP contribution >= 0.6 is 0 Å². The number of hydrogen-bond acceptors (Lipinski definition) is 7. The van der Waals surface area contributed by atoms with Crippen molar-refractivity contribution in [2.24, 2.45) is 0 Å². The maximum atomic E-state index is 13.1. The van der Waals surface area contributed by atoms with Gasteiger partial charge in [-0.15, -0.1) is 0 Å². The van der Waals surface area contributed by atoms with Gasteiger partial charge in [0.2, 0.25) is 11.8 Å². The molecule has 1 atom stereocenters. The molecule has 2 aromatic rings. The Morgan fingerprint density at radius 2 is 1.89 bits per heavy atom. The van der Waals surface area contributed by atoms with Gasteiger partial charge in [-0.1, -0.05) is 18.9 Å². The first-order valence-corrected chi connectivity index (χ1v) is 12.1. The summed E-state index contributed by atoms with van der Waals surface area (Å²) < 4.78 is 10.9. The van der Waals surface area contributed by atoms with E-state index in [1.807, 2.05) is 18.3 Å². The molecule has 0 bridgehead atoms. The fourth-order valence-electron chi connectivity index (χ4n) is 3.79. The first-order valence-electron chi connectivity index (χ1n) is 12.1. The van der Waals surface area contributed by atoms with Crippen molar-refractivity contribution in [1.82, 2.24) is 15.2 Å². The lowest BCUT2D eigenvalue weighted by Gasteiger charge is -2.27. The third kappa shape index (κ3) is 8.48. The van der Waals surface area contributed by atoms with Gasteiger partial charge in [-0.25, -0.2) is 4.98 Å². The number of methoxy groups -OCH3 is 1. The van der Waals surface area contributed by atoms with Gasteiger partial charge in [0.15, 0.2) is 6.29 Å². The Morgan fingerprint density at radius 1 is 1.11 bits per heavy atom. The molecule has 1 N–H and O–H groups in total. The Morgan fingerprint density at radius 3 is 2.53 bits per heavy atom. The van der Waals surface area contributed by atoms with Gasteiger partial charge < -0.3 is 24.5 Å². The summed E-state index contributed by atoms with van der Waals surface area (Å²) in [7, 11) is 4.55. The summed E-state index contributed by atoms with van der Waals surface area (Å²) in [4.78, 5) is 53.2. The van der Waals surface area contributed by atoms with Crippen molar-refractivity contribution in [1.29, 1.82) is 0 Å². The van der Waals surface area contributed by atoms with Crippen LogP contribution in [0.3, 0.4) is 0 Å². The molecule has 1 aromatic carbocycles. The van der Waals surface area contributed by atoms with Crippen LogP contribution in [0.25, 0.3) is 0 Å². The monoisotopic (exact) mass is 497 g/mol. The average Bonchev–Trinajstić information content (AvgIpc) is 2.92. The number of aromatic nitrogens is 1. The minimum absolute atomic E-state index is 0.135. The lowest BCUT2D eigenvalue weighted by Crippen LogP contribution is -2.47. The number of carbonyl (C=O) groups is 4. The highest BCUT2D eigenvalue weighted by molar-refractivity contribution is 6.03. The molecule has 0 spiro atoms. The van der Waals surface area contributed by atoms with E-state index in [0.29, 0.717) is 30.8 Å². The van der Waals surface area contributed by atoms with Crippen molar-refractivity contribution in [3.8, 4) is 11.6 Å². The molecule has 2 rings (SSSR count). The van der Waals surface area contributed by atoms with Gasteiger partial charge in [0, 0.05) is 38.3 Å². The lowest BCUT2D eigenvalue weighted by molar-refractivity contribution is -0.125. The zero-order chi connectivity index (χ0) is 26.3. The zero-order valence-electron chi connectivity index (χ0n) is 21.2. The fourth-order valence-corrected chi connectivity index (χ4v) is 3.79. The van der Waals surface area contributed by atoms with Crippen LogP contribution in [-0.4, -0.2) is 68.1 Å². The first-order chi connectivity index (χ1) is 17.4. The molecular formula is C27H35N3O6. The second kappa shape index (κ2) is 15.3. The molecule has 36 heavy (non-hydrogen) atoms. The highest BCUT2D eigenvalue weighted by Crippen LogP contribution is 2.21. The van der Waals surface area contributed by atoms with Crippen LogP contribution in [0.1, 0.15) is 64.8 Å². The summed E-state index contributed by atoms with van der Waals surface area (Å²) in [5.74, 6) is 0.217. The van der Waals surface area contributed by atoms with Crippen LogP contribution in [0.2, 0.25) is 0 Å². The van der Waals surface area contributed by atoms with Gasteiger partial charge in [-0.2, -0.15) is 0 Å². The number of aldehydes is 2. The number of amides is 2. The number of nitrogens with one attached hydrogen (secondary N) is 1. The van der Waals surface area contributed by atoms with E-state index in [1.54, 1.807) is 13.2 Å². The molecule has 194 valence electrons. The first kappa shape index (κ1) is 28.5. The molecule has 0 aliphatic rings. The van der Waals surface area contributed by atoms with Gasteiger partial charge in [0.1, 0.15) is 18.1 Å². The van der Waals surface area contributed by atoms with Crippen molar-refractivity contribution in [2.75, 3.05) is 27.8 Å². The molecule has 0 aliphatic carbocycles. The van der Waals surface area contributed by atoms with Crippen LogP contribution in [-0.2, 0) is 16.0 Å². The second-order valence-electron chi connectivity index (χ2n) is 8.38. The summed E-state index contributed by atoms with van der Waals surface area (Å²) in [6, 6.07) is 7.77. The van der Waals surface area contributed by atoms with E-state index in [2.05, 4.69) is 10.3 Å². The zero-order valence-corrected chi connectivity index (χ0v) is 21.2. The SMILES string of the molecule is CNC(=O)C(CCC=O)N(C)C(=O)c1cc(OCCCCCCc2ccc(OC)nc2)ccc1C=O. The van der Waals surface area contributed by atoms with Gasteiger partial charge in [-0.05, 0) is 49.4 Å². The van der Waals surface area contributed by atoms with Crippen LogP contribution in [0.15, 0.2) is 36.5 Å². The number of likely N-dealkylation sites (N-methyl/N-ethyl adjacent to an activating group) is 2. The van der Waals surface area contributed by atoms with E-state index >= 15 is 0 Å². The van der Waals surface area contributed by atoms with Gasteiger partial charge in [0.05, 0.1) is 19.3 Å². The summed E-state index contributed by atoms with van der Waals surface area (Å²) >= 11 is 0.